The van der Waals surface area contributed by atoms with E-state index in [1.807, 2.05) is 0 Å². The molecule has 2 rings (SSSR count). The number of nitrogens with one attached hydrogen (secondary N) is 1. The Morgan fingerprint density at radius 1 is 1.28 bits per heavy atom. The van der Waals surface area contributed by atoms with Crippen LogP contribution in [0.5, 0.6) is 0 Å². The van der Waals surface area contributed by atoms with Gasteiger partial charge in [-0.1, -0.05) is 6.07 Å². The second kappa shape index (κ2) is 4.88. The van der Waals surface area contributed by atoms with Gasteiger partial charge in [-0.25, -0.2) is 4.39 Å². The number of rotatable bonds is 1. The van der Waals surface area contributed by atoms with Crippen LogP contribution in [0.15, 0.2) is 18.2 Å². The zero-order valence-corrected chi connectivity index (χ0v) is 10.0. The van der Waals surface area contributed by atoms with Crippen molar-refractivity contribution in [3.8, 4) is 0 Å². The largest absolute Gasteiger partial charge is 0.393 e. The number of halogens is 4. The lowest BCUT2D eigenvalue weighted by Gasteiger charge is -2.35. The number of benzene rings is 1. The molecule has 0 aliphatic carbocycles. The standard InChI is InChI=1S/C13H15F4N/c1-8-7-9(14)4-5-10(8)12-11(13(15,16)17)3-2-6-18-12/h4-5,7,11-12,18H,2-3,6H2,1H3. The summed E-state index contributed by atoms with van der Waals surface area (Å²) in [6.07, 6.45) is -3.59. The van der Waals surface area contributed by atoms with Gasteiger partial charge in [-0.3, -0.25) is 0 Å². The highest BCUT2D eigenvalue weighted by Gasteiger charge is 2.46. The van der Waals surface area contributed by atoms with Crippen molar-refractivity contribution < 1.29 is 17.6 Å². The second-order valence-corrected chi connectivity index (χ2v) is 4.72. The molecule has 1 heterocycles. The zero-order valence-electron chi connectivity index (χ0n) is 10.0. The summed E-state index contributed by atoms with van der Waals surface area (Å²) in [5, 5.41) is 2.91. The topological polar surface area (TPSA) is 12.0 Å². The van der Waals surface area contributed by atoms with Gasteiger partial charge in [-0.2, -0.15) is 13.2 Å². The third kappa shape index (κ3) is 2.66. The monoisotopic (exact) mass is 261 g/mol. The number of hydrogen-bond acceptors (Lipinski definition) is 1. The Morgan fingerprint density at radius 2 is 2.00 bits per heavy atom. The van der Waals surface area contributed by atoms with Crippen LogP contribution in [0.1, 0.15) is 30.0 Å². The second-order valence-electron chi connectivity index (χ2n) is 4.72. The molecule has 1 fully saturated rings. The summed E-state index contributed by atoms with van der Waals surface area (Å²) in [5.74, 6) is -1.81. The molecule has 0 radical (unpaired) electrons. The summed E-state index contributed by atoms with van der Waals surface area (Å²) in [5.41, 5.74) is 1.10. The van der Waals surface area contributed by atoms with Crippen molar-refractivity contribution in [2.75, 3.05) is 6.54 Å². The van der Waals surface area contributed by atoms with Crippen molar-refractivity contribution in [2.24, 2.45) is 5.92 Å². The first-order valence-corrected chi connectivity index (χ1v) is 5.96. The lowest BCUT2D eigenvalue weighted by molar-refractivity contribution is -0.189. The van der Waals surface area contributed by atoms with E-state index >= 15 is 0 Å². The molecule has 0 amide bonds. The Labute approximate surface area is 103 Å². The molecule has 1 aliphatic rings. The van der Waals surface area contributed by atoms with Gasteiger partial charge in [0.1, 0.15) is 5.82 Å². The van der Waals surface area contributed by atoms with E-state index in [-0.39, 0.29) is 6.42 Å². The normalized spacial score (nSPS) is 25.2. The molecule has 5 heteroatoms. The van der Waals surface area contributed by atoms with Gasteiger partial charge in [0.2, 0.25) is 0 Å². The SMILES string of the molecule is Cc1cc(F)ccc1C1NCCCC1C(F)(F)F. The summed E-state index contributed by atoms with van der Waals surface area (Å²) in [6.45, 7) is 2.20. The molecule has 100 valence electrons. The van der Waals surface area contributed by atoms with Crippen molar-refractivity contribution in [1.29, 1.82) is 0 Å². The minimum atomic E-state index is -4.22. The van der Waals surface area contributed by atoms with Crippen LogP contribution in [0, 0.1) is 18.7 Å². The Hall–Kier alpha value is -1.10. The van der Waals surface area contributed by atoms with E-state index in [2.05, 4.69) is 5.32 Å². The first-order chi connectivity index (χ1) is 8.39. The molecule has 1 nitrogen and oxygen atoms in total. The molecule has 1 aromatic rings. The van der Waals surface area contributed by atoms with E-state index in [0.29, 0.717) is 24.1 Å². The highest BCUT2D eigenvalue weighted by molar-refractivity contribution is 5.30. The lowest BCUT2D eigenvalue weighted by Crippen LogP contribution is -2.41. The van der Waals surface area contributed by atoms with E-state index in [1.165, 1.54) is 18.2 Å². The summed E-state index contributed by atoms with van der Waals surface area (Å²) in [7, 11) is 0. The van der Waals surface area contributed by atoms with Crippen molar-refractivity contribution in [2.45, 2.75) is 32.0 Å². The van der Waals surface area contributed by atoms with Crippen molar-refractivity contribution >= 4 is 0 Å². The zero-order chi connectivity index (χ0) is 13.3. The molecule has 18 heavy (non-hydrogen) atoms. The summed E-state index contributed by atoms with van der Waals surface area (Å²) in [6, 6.07) is 3.18. The van der Waals surface area contributed by atoms with E-state index in [1.54, 1.807) is 6.92 Å². The fourth-order valence-corrected chi connectivity index (χ4v) is 2.56. The Bertz CT molecular complexity index is 427. The van der Waals surface area contributed by atoms with Crippen LogP contribution >= 0.6 is 0 Å². The van der Waals surface area contributed by atoms with Gasteiger partial charge in [0.05, 0.1) is 5.92 Å². The number of aryl methyl sites for hydroxylation is 1. The molecule has 1 saturated heterocycles. The van der Waals surface area contributed by atoms with Gasteiger partial charge in [0.25, 0.3) is 0 Å². The average molecular weight is 261 g/mol. The molecule has 1 aliphatic heterocycles. The predicted octanol–water partition coefficient (Wildman–Crippen LogP) is 3.74. The van der Waals surface area contributed by atoms with E-state index in [0.717, 1.165) is 0 Å². The van der Waals surface area contributed by atoms with Gasteiger partial charge >= 0.3 is 6.18 Å². The maximum atomic E-state index is 13.0. The van der Waals surface area contributed by atoms with Gasteiger partial charge < -0.3 is 5.32 Å². The van der Waals surface area contributed by atoms with Gasteiger partial charge in [-0.05, 0) is 49.6 Å². The van der Waals surface area contributed by atoms with E-state index in [4.69, 9.17) is 0 Å². The Balaban J connectivity index is 2.34. The molecule has 0 bridgehead atoms. The molecule has 1 aromatic carbocycles. The molecular weight excluding hydrogens is 246 g/mol. The van der Waals surface area contributed by atoms with Gasteiger partial charge in [0, 0.05) is 6.04 Å². The fourth-order valence-electron chi connectivity index (χ4n) is 2.56. The number of hydrogen-bond donors (Lipinski definition) is 1. The summed E-state index contributed by atoms with van der Waals surface area (Å²) in [4.78, 5) is 0. The van der Waals surface area contributed by atoms with Crippen LogP contribution in [-0.4, -0.2) is 12.7 Å². The van der Waals surface area contributed by atoms with Crippen LogP contribution in [-0.2, 0) is 0 Å². The molecule has 1 N–H and O–H groups in total. The van der Waals surface area contributed by atoms with Crippen molar-refractivity contribution in [3.63, 3.8) is 0 Å². The smallest absolute Gasteiger partial charge is 0.309 e. The molecule has 0 aromatic heterocycles. The highest BCUT2D eigenvalue weighted by Crippen LogP contribution is 2.41. The van der Waals surface area contributed by atoms with Crippen LogP contribution in [0.25, 0.3) is 0 Å². The molecule has 2 unspecified atom stereocenters. The van der Waals surface area contributed by atoms with E-state index in [9.17, 15) is 17.6 Å². The number of alkyl halides is 3. The Kier molecular flexibility index (Phi) is 3.61. The molecule has 2 atom stereocenters. The van der Waals surface area contributed by atoms with Crippen LogP contribution < -0.4 is 5.32 Å². The lowest BCUT2D eigenvalue weighted by atomic mass is 9.84. The predicted molar refractivity (Wildman–Crippen MR) is 60.7 cm³/mol. The minimum absolute atomic E-state index is 0.123. The van der Waals surface area contributed by atoms with Crippen LogP contribution in [0.4, 0.5) is 17.6 Å². The summed E-state index contributed by atoms with van der Waals surface area (Å²) >= 11 is 0. The van der Waals surface area contributed by atoms with Crippen LogP contribution in [0.3, 0.4) is 0 Å². The first kappa shape index (κ1) is 13.3. The maximum absolute atomic E-state index is 13.0. The fraction of sp³-hybridized carbons (Fsp3) is 0.538. The van der Waals surface area contributed by atoms with Crippen molar-refractivity contribution in [1.82, 2.24) is 5.32 Å². The van der Waals surface area contributed by atoms with Gasteiger partial charge in [0.15, 0.2) is 0 Å². The molecular formula is C13H15F4N. The molecule has 0 saturated carbocycles. The van der Waals surface area contributed by atoms with Crippen molar-refractivity contribution in [3.05, 3.63) is 35.1 Å². The first-order valence-electron chi connectivity index (χ1n) is 5.96. The van der Waals surface area contributed by atoms with Gasteiger partial charge in [-0.15, -0.1) is 0 Å². The minimum Gasteiger partial charge on any atom is -0.309 e. The maximum Gasteiger partial charge on any atom is 0.393 e. The number of piperidine rings is 1. The average Bonchev–Trinajstić information content (AvgIpc) is 2.28. The Morgan fingerprint density at radius 3 is 2.61 bits per heavy atom. The third-order valence-corrected chi connectivity index (χ3v) is 3.45. The van der Waals surface area contributed by atoms with Crippen LogP contribution in [0.2, 0.25) is 0 Å². The van der Waals surface area contributed by atoms with E-state index < -0.39 is 24.0 Å². The summed E-state index contributed by atoms with van der Waals surface area (Å²) < 4.78 is 51.9. The quantitative estimate of drug-likeness (QED) is 0.759. The molecule has 0 spiro atoms. The third-order valence-electron chi connectivity index (χ3n) is 3.45. The highest BCUT2D eigenvalue weighted by atomic mass is 19.4.